The molecule has 0 fully saturated rings. The molecule has 0 radical (unpaired) electrons. The highest BCUT2D eigenvalue weighted by atomic mass is 16.5. The number of unbranched alkanes of at least 4 members (excludes halogenated alkanes) is 10. The van der Waals surface area contributed by atoms with Crippen molar-refractivity contribution in [3.05, 3.63) is 95.4 Å². The average molecular weight is 597 g/mol. The van der Waals surface area contributed by atoms with Gasteiger partial charge in [0.1, 0.15) is 11.5 Å². The number of benzene rings is 2. The van der Waals surface area contributed by atoms with Crippen LogP contribution in [0.15, 0.2) is 95.4 Å². The number of fused-ring (bicyclic) bond motifs is 1. The van der Waals surface area contributed by atoms with Crippen molar-refractivity contribution in [2.45, 2.75) is 90.9 Å². The van der Waals surface area contributed by atoms with E-state index in [-0.39, 0.29) is 11.6 Å². The molecule has 0 saturated heterocycles. The fourth-order valence-electron chi connectivity index (χ4n) is 5.37. The minimum absolute atomic E-state index is 0.205. The van der Waals surface area contributed by atoms with Gasteiger partial charge in [-0.2, -0.15) is 0 Å². The standard InChI is InChI=1S/C38H48N2O4/c1-3-5-7-9-11-13-27-43-31-19-15-29(16-20-31)39-33-23-25-36(42)38-34(24-26-35(41)37(33)38)40-30-17-21-32(22-18-30)44-28-14-12-10-8-6-4-2/h15-26,39-40H,3-14,27-28H2,1-2H3. The SMILES string of the molecule is CCCCCCCCOc1ccc(NC2=C3C(=O)C=CC(Nc4ccc(OCCCCCCCC)cc4)=C3C(=O)C=C2)cc1. The molecule has 0 aliphatic heterocycles. The van der Waals surface area contributed by atoms with Crippen molar-refractivity contribution in [3.63, 3.8) is 0 Å². The Hall–Kier alpha value is -4.06. The molecular formula is C38H48N2O4. The van der Waals surface area contributed by atoms with Crippen LogP contribution in [0, 0.1) is 0 Å². The van der Waals surface area contributed by atoms with Crippen LogP contribution < -0.4 is 20.1 Å². The molecule has 2 N–H and O–H groups in total. The molecule has 4 rings (SSSR count). The highest BCUT2D eigenvalue weighted by Gasteiger charge is 2.30. The lowest BCUT2D eigenvalue weighted by molar-refractivity contribution is -0.114. The third kappa shape index (κ3) is 10.0. The molecule has 0 aromatic heterocycles. The van der Waals surface area contributed by atoms with Crippen molar-refractivity contribution in [2.24, 2.45) is 0 Å². The fraction of sp³-hybridized carbons (Fsp3) is 0.421. The van der Waals surface area contributed by atoms with Gasteiger partial charge in [0.05, 0.1) is 35.8 Å². The van der Waals surface area contributed by atoms with Crippen molar-refractivity contribution in [1.29, 1.82) is 0 Å². The van der Waals surface area contributed by atoms with E-state index in [4.69, 9.17) is 9.47 Å². The van der Waals surface area contributed by atoms with Gasteiger partial charge < -0.3 is 20.1 Å². The van der Waals surface area contributed by atoms with E-state index in [0.717, 1.165) is 35.7 Å². The summed E-state index contributed by atoms with van der Waals surface area (Å²) in [5.41, 5.74) is 3.53. The molecule has 0 atom stereocenters. The van der Waals surface area contributed by atoms with E-state index in [1.54, 1.807) is 12.2 Å². The molecule has 2 aromatic carbocycles. The van der Waals surface area contributed by atoms with Gasteiger partial charge >= 0.3 is 0 Å². The maximum absolute atomic E-state index is 13.0. The van der Waals surface area contributed by atoms with Crippen molar-refractivity contribution >= 4 is 22.9 Å². The van der Waals surface area contributed by atoms with Crippen LogP contribution in [-0.2, 0) is 9.59 Å². The highest BCUT2D eigenvalue weighted by Crippen LogP contribution is 2.32. The molecule has 0 spiro atoms. The minimum Gasteiger partial charge on any atom is -0.494 e. The van der Waals surface area contributed by atoms with Gasteiger partial charge in [0.15, 0.2) is 11.6 Å². The van der Waals surface area contributed by atoms with Crippen molar-refractivity contribution in [3.8, 4) is 11.5 Å². The molecule has 2 aromatic rings. The van der Waals surface area contributed by atoms with E-state index in [9.17, 15) is 9.59 Å². The molecule has 6 heteroatoms. The smallest absolute Gasteiger partial charge is 0.188 e. The highest BCUT2D eigenvalue weighted by molar-refractivity contribution is 6.23. The van der Waals surface area contributed by atoms with Crippen LogP contribution in [-0.4, -0.2) is 24.8 Å². The molecule has 0 amide bonds. The van der Waals surface area contributed by atoms with E-state index in [2.05, 4.69) is 24.5 Å². The van der Waals surface area contributed by atoms with Gasteiger partial charge in [-0.3, -0.25) is 9.59 Å². The number of rotatable bonds is 20. The Morgan fingerprint density at radius 2 is 0.841 bits per heavy atom. The maximum atomic E-state index is 13.0. The van der Waals surface area contributed by atoms with E-state index < -0.39 is 0 Å². The second-order valence-corrected chi connectivity index (χ2v) is 11.5. The van der Waals surface area contributed by atoms with Crippen molar-refractivity contribution in [2.75, 3.05) is 23.8 Å². The number of carbonyl (C=O) groups is 2. The lowest BCUT2D eigenvalue weighted by Crippen LogP contribution is -2.24. The molecule has 6 nitrogen and oxygen atoms in total. The lowest BCUT2D eigenvalue weighted by atomic mass is 9.86. The Bertz CT molecular complexity index is 1240. The van der Waals surface area contributed by atoms with Crippen LogP contribution in [0.2, 0.25) is 0 Å². The van der Waals surface area contributed by atoms with E-state index >= 15 is 0 Å². The van der Waals surface area contributed by atoms with Gasteiger partial charge in [-0.1, -0.05) is 78.1 Å². The Morgan fingerprint density at radius 3 is 1.23 bits per heavy atom. The number of hydrogen-bond donors (Lipinski definition) is 2. The van der Waals surface area contributed by atoms with E-state index in [1.165, 1.54) is 76.4 Å². The number of ether oxygens (including phenoxy) is 2. The maximum Gasteiger partial charge on any atom is 0.188 e. The third-order valence-corrected chi connectivity index (χ3v) is 7.88. The van der Waals surface area contributed by atoms with Gasteiger partial charge in [-0.25, -0.2) is 0 Å². The molecule has 44 heavy (non-hydrogen) atoms. The first kappa shape index (κ1) is 32.8. The summed E-state index contributed by atoms with van der Waals surface area (Å²) >= 11 is 0. The number of ketones is 2. The predicted molar refractivity (Wildman–Crippen MR) is 180 cm³/mol. The number of anilines is 2. The average Bonchev–Trinajstić information content (AvgIpc) is 3.04. The quantitative estimate of drug-likeness (QED) is 0.148. The van der Waals surface area contributed by atoms with Crippen LogP contribution in [0.5, 0.6) is 11.5 Å². The van der Waals surface area contributed by atoms with Crippen LogP contribution in [0.4, 0.5) is 11.4 Å². The molecule has 0 bridgehead atoms. The summed E-state index contributed by atoms with van der Waals surface area (Å²) in [7, 11) is 0. The first-order chi connectivity index (χ1) is 21.6. The molecule has 234 valence electrons. The number of nitrogens with one attached hydrogen (secondary N) is 2. The van der Waals surface area contributed by atoms with Crippen LogP contribution in [0.3, 0.4) is 0 Å². The second-order valence-electron chi connectivity index (χ2n) is 11.5. The Kier molecular flexibility index (Phi) is 13.4. The molecular weight excluding hydrogens is 548 g/mol. The lowest BCUT2D eigenvalue weighted by Gasteiger charge is -2.23. The number of carbonyl (C=O) groups excluding carboxylic acids is 2. The summed E-state index contributed by atoms with van der Waals surface area (Å²) in [5.74, 6) is 1.23. The van der Waals surface area contributed by atoms with Gasteiger partial charge in [0.25, 0.3) is 0 Å². The summed E-state index contributed by atoms with van der Waals surface area (Å²) < 4.78 is 11.8. The normalized spacial score (nSPS) is 14.2. The van der Waals surface area contributed by atoms with Crippen molar-refractivity contribution < 1.29 is 19.1 Å². The zero-order valence-corrected chi connectivity index (χ0v) is 26.5. The van der Waals surface area contributed by atoms with Crippen LogP contribution >= 0.6 is 0 Å². The van der Waals surface area contributed by atoms with Gasteiger partial charge in [-0.15, -0.1) is 0 Å². The Morgan fingerprint density at radius 1 is 0.477 bits per heavy atom. The molecule has 2 aliphatic carbocycles. The Balaban J connectivity index is 1.35. The summed E-state index contributed by atoms with van der Waals surface area (Å²) in [5, 5.41) is 6.67. The van der Waals surface area contributed by atoms with Gasteiger partial charge in [-0.05, 0) is 85.7 Å². The summed E-state index contributed by atoms with van der Waals surface area (Å²) in [6, 6.07) is 15.4. The first-order valence-corrected chi connectivity index (χ1v) is 16.5. The van der Waals surface area contributed by atoms with Crippen LogP contribution in [0.1, 0.15) is 90.9 Å². The molecule has 2 aliphatic rings. The zero-order chi connectivity index (χ0) is 31.0. The van der Waals surface area contributed by atoms with E-state index in [1.807, 2.05) is 48.5 Å². The number of allylic oxidation sites excluding steroid dienone is 6. The number of hydrogen-bond acceptors (Lipinski definition) is 6. The zero-order valence-electron chi connectivity index (χ0n) is 26.5. The summed E-state index contributed by atoms with van der Waals surface area (Å²) in [6.45, 7) is 5.87. The Labute approximate surface area is 263 Å². The fourth-order valence-corrected chi connectivity index (χ4v) is 5.37. The predicted octanol–water partition coefficient (Wildman–Crippen LogP) is 9.48. The third-order valence-electron chi connectivity index (χ3n) is 7.88. The largest absolute Gasteiger partial charge is 0.494 e. The van der Waals surface area contributed by atoms with Gasteiger partial charge in [0, 0.05) is 11.4 Å². The molecule has 0 heterocycles. The second kappa shape index (κ2) is 17.9. The van der Waals surface area contributed by atoms with Gasteiger partial charge in [0.2, 0.25) is 0 Å². The summed E-state index contributed by atoms with van der Waals surface area (Å²) in [4.78, 5) is 26.1. The summed E-state index contributed by atoms with van der Waals surface area (Å²) in [6.07, 6.45) is 21.1. The monoisotopic (exact) mass is 596 g/mol. The van der Waals surface area contributed by atoms with Crippen molar-refractivity contribution in [1.82, 2.24) is 0 Å². The van der Waals surface area contributed by atoms with E-state index in [0.29, 0.717) is 35.8 Å². The first-order valence-electron chi connectivity index (χ1n) is 16.5. The van der Waals surface area contributed by atoms with Crippen LogP contribution in [0.25, 0.3) is 0 Å². The minimum atomic E-state index is -0.205. The molecule has 0 saturated carbocycles. The topological polar surface area (TPSA) is 76.7 Å². The molecule has 0 unspecified atom stereocenters.